The molecule has 4 aromatic rings. The highest BCUT2D eigenvalue weighted by Crippen LogP contribution is 2.34. The first-order valence-corrected chi connectivity index (χ1v) is 8.72. The molecule has 5 heteroatoms. The smallest absolute Gasteiger partial charge is 0.189 e. The fourth-order valence-corrected chi connectivity index (χ4v) is 3.58. The zero-order valence-corrected chi connectivity index (χ0v) is 14.6. The fraction of sp³-hybridized carbons (Fsp3) is 0.143. The maximum atomic E-state index is 6.21. The molecule has 4 nitrogen and oxygen atoms in total. The van der Waals surface area contributed by atoms with Crippen molar-refractivity contribution in [3.05, 3.63) is 70.7 Å². The molecule has 1 aliphatic heterocycles. The highest BCUT2D eigenvalue weighted by atomic mass is 35.5. The molecule has 130 valence electrons. The molecule has 2 heterocycles. The van der Waals surface area contributed by atoms with Gasteiger partial charge in [0.1, 0.15) is 29.3 Å². The van der Waals surface area contributed by atoms with E-state index < -0.39 is 0 Å². The number of fused-ring (bicyclic) bond motifs is 4. The van der Waals surface area contributed by atoms with Gasteiger partial charge >= 0.3 is 0 Å². The number of ether oxygens (including phenoxy) is 3. The second-order valence-corrected chi connectivity index (χ2v) is 6.65. The number of hydrogen-bond acceptors (Lipinski definition) is 4. The van der Waals surface area contributed by atoms with Gasteiger partial charge in [-0.3, -0.25) is 0 Å². The monoisotopic (exact) mass is 366 g/mol. The van der Waals surface area contributed by atoms with Crippen LogP contribution in [0.5, 0.6) is 11.5 Å². The summed E-state index contributed by atoms with van der Waals surface area (Å²) in [6.45, 7) is 1.11. The molecule has 0 spiro atoms. The van der Waals surface area contributed by atoms with E-state index in [0.29, 0.717) is 18.2 Å². The van der Waals surface area contributed by atoms with E-state index in [4.69, 9.17) is 30.2 Å². The summed E-state index contributed by atoms with van der Waals surface area (Å²) in [6, 6.07) is 17.6. The highest BCUT2D eigenvalue weighted by Gasteiger charge is 2.17. The van der Waals surface area contributed by atoms with Gasteiger partial charge in [0, 0.05) is 26.9 Å². The average molecular weight is 367 g/mol. The minimum atomic E-state index is 0.245. The van der Waals surface area contributed by atoms with Crippen LogP contribution in [0.1, 0.15) is 11.1 Å². The zero-order chi connectivity index (χ0) is 17.5. The Labute approximate surface area is 154 Å². The molecular formula is C21H15ClO4. The lowest BCUT2D eigenvalue weighted by Crippen LogP contribution is -2.14. The van der Waals surface area contributed by atoms with E-state index in [9.17, 15) is 0 Å². The van der Waals surface area contributed by atoms with Crippen LogP contribution in [0.2, 0.25) is 5.02 Å². The van der Waals surface area contributed by atoms with Crippen molar-refractivity contribution in [2.24, 2.45) is 0 Å². The normalized spacial score (nSPS) is 13.6. The molecule has 3 aromatic carbocycles. The van der Waals surface area contributed by atoms with Gasteiger partial charge in [-0.25, -0.2) is 0 Å². The first kappa shape index (κ1) is 15.6. The van der Waals surface area contributed by atoms with Gasteiger partial charge in [-0.15, -0.1) is 0 Å². The lowest BCUT2D eigenvalue weighted by molar-refractivity contribution is -0.0175. The SMILES string of the molecule is Clc1cc2c(c(COc3ccc4oc5ccccc5c4c3)c1)OCOC2. The number of halogens is 1. The predicted octanol–water partition coefficient (Wildman–Crippen LogP) is 5.68. The van der Waals surface area contributed by atoms with Gasteiger partial charge in [0.15, 0.2) is 6.79 Å². The van der Waals surface area contributed by atoms with Gasteiger partial charge in [0.2, 0.25) is 0 Å². The van der Waals surface area contributed by atoms with Crippen LogP contribution in [0.15, 0.2) is 59.0 Å². The maximum Gasteiger partial charge on any atom is 0.189 e. The quantitative estimate of drug-likeness (QED) is 0.467. The van der Waals surface area contributed by atoms with E-state index in [1.54, 1.807) is 0 Å². The second-order valence-electron chi connectivity index (χ2n) is 6.21. The second kappa shape index (κ2) is 6.24. The Hall–Kier alpha value is -2.69. The molecule has 26 heavy (non-hydrogen) atoms. The summed E-state index contributed by atoms with van der Waals surface area (Å²) in [5, 5.41) is 2.76. The van der Waals surface area contributed by atoms with E-state index in [0.717, 1.165) is 44.6 Å². The largest absolute Gasteiger partial charge is 0.489 e. The summed E-state index contributed by atoms with van der Waals surface area (Å²) in [5.41, 5.74) is 3.57. The lowest BCUT2D eigenvalue weighted by atomic mass is 10.1. The first-order valence-electron chi connectivity index (χ1n) is 8.34. The van der Waals surface area contributed by atoms with E-state index in [2.05, 4.69) is 0 Å². The zero-order valence-electron chi connectivity index (χ0n) is 13.8. The van der Waals surface area contributed by atoms with E-state index >= 15 is 0 Å². The van der Waals surface area contributed by atoms with Crippen LogP contribution in [-0.4, -0.2) is 6.79 Å². The van der Waals surface area contributed by atoms with Crippen molar-refractivity contribution in [1.82, 2.24) is 0 Å². The van der Waals surface area contributed by atoms with Crippen molar-refractivity contribution in [1.29, 1.82) is 0 Å². The van der Waals surface area contributed by atoms with Gasteiger partial charge in [-0.2, -0.15) is 0 Å². The Kier molecular flexibility index (Phi) is 3.73. The molecule has 0 saturated carbocycles. The molecule has 0 atom stereocenters. The molecule has 0 saturated heterocycles. The molecule has 5 rings (SSSR count). The van der Waals surface area contributed by atoms with Gasteiger partial charge in [-0.05, 0) is 36.4 Å². The molecular weight excluding hydrogens is 352 g/mol. The van der Waals surface area contributed by atoms with Crippen LogP contribution < -0.4 is 9.47 Å². The average Bonchev–Trinajstić information content (AvgIpc) is 3.04. The number of furan rings is 1. The van der Waals surface area contributed by atoms with Crippen LogP contribution in [0.4, 0.5) is 0 Å². The van der Waals surface area contributed by atoms with E-state index in [1.807, 2.05) is 54.6 Å². The summed E-state index contributed by atoms with van der Waals surface area (Å²) >= 11 is 6.21. The van der Waals surface area contributed by atoms with Gasteiger partial charge in [0.05, 0.1) is 6.61 Å². The number of hydrogen-bond donors (Lipinski definition) is 0. The number of para-hydroxylation sites is 1. The Balaban J connectivity index is 1.47. The van der Waals surface area contributed by atoms with Crippen LogP contribution in [0.3, 0.4) is 0 Å². The third kappa shape index (κ3) is 2.68. The molecule has 0 aliphatic carbocycles. The Morgan fingerprint density at radius 2 is 1.85 bits per heavy atom. The topological polar surface area (TPSA) is 40.8 Å². The Bertz CT molecular complexity index is 1120. The van der Waals surface area contributed by atoms with Gasteiger partial charge in [0.25, 0.3) is 0 Å². The Morgan fingerprint density at radius 1 is 0.962 bits per heavy atom. The minimum Gasteiger partial charge on any atom is -0.489 e. The molecule has 0 N–H and O–H groups in total. The van der Waals surface area contributed by atoms with E-state index in [-0.39, 0.29) is 6.79 Å². The fourth-order valence-electron chi connectivity index (χ4n) is 3.32. The molecule has 0 fully saturated rings. The van der Waals surface area contributed by atoms with Crippen molar-refractivity contribution in [2.75, 3.05) is 6.79 Å². The van der Waals surface area contributed by atoms with Crippen molar-refractivity contribution < 1.29 is 18.6 Å². The van der Waals surface area contributed by atoms with Crippen molar-refractivity contribution >= 4 is 33.5 Å². The summed E-state index contributed by atoms with van der Waals surface area (Å²) < 4.78 is 22.8. The lowest BCUT2D eigenvalue weighted by Gasteiger charge is -2.21. The molecule has 1 aromatic heterocycles. The van der Waals surface area contributed by atoms with Crippen molar-refractivity contribution in [2.45, 2.75) is 13.2 Å². The van der Waals surface area contributed by atoms with Crippen molar-refractivity contribution in [3.63, 3.8) is 0 Å². The standard InChI is InChI=1S/C21H15ClO4/c22-15-7-13-10-23-12-25-21(13)14(8-15)11-24-16-5-6-20-18(9-16)17-3-1-2-4-19(17)26-20/h1-9H,10-12H2. The van der Waals surface area contributed by atoms with Crippen LogP contribution in [0, 0.1) is 0 Å². The van der Waals surface area contributed by atoms with E-state index in [1.165, 1.54) is 0 Å². The molecule has 0 radical (unpaired) electrons. The first-order chi connectivity index (χ1) is 12.8. The molecule has 0 bridgehead atoms. The highest BCUT2D eigenvalue weighted by molar-refractivity contribution is 6.30. The summed E-state index contributed by atoms with van der Waals surface area (Å²) in [7, 11) is 0. The van der Waals surface area contributed by atoms with Crippen LogP contribution >= 0.6 is 11.6 Å². The van der Waals surface area contributed by atoms with Gasteiger partial charge in [-0.1, -0.05) is 29.8 Å². The predicted molar refractivity (Wildman–Crippen MR) is 99.8 cm³/mol. The summed E-state index contributed by atoms with van der Waals surface area (Å²) in [4.78, 5) is 0. The van der Waals surface area contributed by atoms with Crippen LogP contribution in [-0.2, 0) is 18.0 Å². The molecule has 0 amide bonds. The Morgan fingerprint density at radius 3 is 2.81 bits per heavy atom. The van der Waals surface area contributed by atoms with Crippen molar-refractivity contribution in [3.8, 4) is 11.5 Å². The third-order valence-corrected chi connectivity index (χ3v) is 4.71. The van der Waals surface area contributed by atoms with Gasteiger partial charge < -0.3 is 18.6 Å². The molecule has 1 aliphatic rings. The van der Waals surface area contributed by atoms with Crippen LogP contribution in [0.25, 0.3) is 21.9 Å². The summed E-state index contributed by atoms with van der Waals surface area (Å²) in [6.07, 6.45) is 0. The number of rotatable bonds is 3. The number of benzene rings is 3. The summed E-state index contributed by atoms with van der Waals surface area (Å²) in [5.74, 6) is 1.57. The third-order valence-electron chi connectivity index (χ3n) is 4.49. The minimum absolute atomic E-state index is 0.245. The maximum absolute atomic E-state index is 6.21. The molecule has 0 unspecified atom stereocenters.